The largest absolute Gasteiger partial charge is 0.481 e. The summed E-state index contributed by atoms with van der Waals surface area (Å²) in [5.41, 5.74) is 5.46. The van der Waals surface area contributed by atoms with Crippen LogP contribution in [0, 0.1) is 5.92 Å². The third-order valence-corrected chi connectivity index (χ3v) is 2.14. The molecule has 0 fully saturated rings. The predicted octanol–water partition coefficient (Wildman–Crippen LogP) is -0.0493. The van der Waals surface area contributed by atoms with Gasteiger partial charge in [0.1, 0.15) is 0 Å². The summed E-state index contributed by atoms with van der Waals surface area (Å²) in [6.07, 6.45) is 1.05. The molecule has 0 aromatic heterocycles. The molecule has 82 valence electrons. The first-order chi connectivity index (χ1) is 6.52. The minimum Gasteiger partial charge on any atom is -0.481 e. The highest BCUT2D eigenvalue weighted by Gasteiger charge is 2.17. The molecule has 0 aromatic carbocycles. The van der Waals surface area contributed by atoms with Crippen LogP contribution in [0.5, 0.6) is 0 Å². The second-order valence-electron chi connectivity index (χ2n) is 3.20. The Morgan fingerprint density at radius 3 is 2.29 bits per heavy atom. The molecule has 4 N–H and O–H groups in total. The quantitative estimate of drug-likeness (QED) is 0.563. The van der Waals surface area contributed by atoms with Crippen LogP contribution in [0.25, 0.3) is 0 Å². The van der Waals surface area contributed by atoms with Gasteiger partial charge in [0.25, 0.3) is 0 Å². The van der Waals surface area contributed by atoms with Gasteiger partial charge in [-0.05, 0) is 12.8 Å². The maximum atomic E-state index is 11.2. The molecule has 0 saturated carbocycles. The van der Waals surface area contributed by atoms with E-state index in [0.29, 0.717) is 12.8 Å². The summed E-state index contributed by atoms with van der Waals surface area (Å²) in [6.45, 7) is 3.72. The maximum absolute atomic E-state index is 11.2. The van der Waals surface area contributed by atoms with E-state index in [9.17, 15) is 9.59 Å². The van der Waals surface area contributed by atoms with Crippen molar-refractivity contribution in [3.63, 3.8) is 0 Å². The number of hydrogen-bond acceptors (Lipinski definition) is 3. The van der Waals surface area contributed by atoms with E-state index in [2.05, 4.69) is 5.32 Å². The zero-order valence-electron chi connectivity index (χ0n) is 8.62. The monoisotopic (exact) mass is 202 g/mol. The number of amides is 1. The molecule has 0 aromatic rings. The number of nitrogens with one attached hydrogen (secondary N) is 1. The summed E-state index contributed by atoms with van der Waals surface area (Å²) in [5, 5.41) is 11.2. The molecule has 5 nitrogen and oxygen atoms in total. The molecule has 0 heterocycles. The van der Waals surface area contributed by atoms with E-state index in [-0.39, 0.29) is 12.5 Å². The number of carbonyl (C=O) groups excluding carboxylic acids is 1. The first-order valence-corrected chi connectivity index (χ1v) is 4.79. The van der Waals surface area contributed by atoms with Gasteiger partial charge < -0.3 is 16.2 Å². The van der Waals surface area contributed by atoms with Gasteiger partial charge in [0.2, 0.25) is 5.91 Å². The minimum absolute atomic E-state index is 0.151. The topological polar surface area (TPSA) is 92.4 Å². The van der Waals surface area contributed by atoms with Crippen molar-refractivity contribution in [1.29, 1.82) is 0 Å². The molecular formula is C9H18N2O3. The zero-order valence-corrected chi connectivity index (χ0v) is 8.62. The molecule has 0 bridgehead atoms. The van der Waals surface area contributed by atoms with Crippen LogP contribution in [0.2, 0.25) is 0 Å². The van der Waals surface area contributed by atoms with E-state index in [1.165, 1.54) is 0 Å². The fourth-order valence-electron chi connectivity index (χ4n) is 0.947. The number of carbonyl (C=O) groups is 2. The van der Waals surface area contributed by atoms with Crippen LogP contribution in [0.15, 0.2) is 0 Å². The maximum Gasteiger partial charge on any atom is 0.308 e. The van der Waals surface area contributed by atoms with Gasteiger partial charge in [-0.25, -0.2) is 0 Å². The summed E-state index contributed by atoms with van der Waals surface area (Å²) < 4.78 is 0. The Labute approximate surface area is 83.7 Å². The fraction of sp³-hybridized carbons (Fsp3) is 0.778. The van der Waals surface area contributed by atoms with Gasteiger partial charge in [-0.1, -0.05) is 13.8 Å². The van der Waals surface area contributed by atoms with Gasteiger partial charge in [0, 0.05) is 6.54 Å². The average molecular weight is 202 g/mol. The van der Waals surface area contributed by atoms with Crippen LogP contribution < -0.4 is 11.1 Å². The lowest BCUT2D eigenvalue weighted by Gasteiger charge is -2.13. The average Bonchev–Trinajstić information content (AvgIpc) is 2.16. The first kappa shape index (κ1) is 12.9. The van der Waals surface area contributed by atoms with Crippen LogP contribution in [0.1, 0.15) is 26.7 Å². The van der Waals surface area contributed by atoms with Crippen molar-refractivity contribution in [2.24, 2.45) is 11.7 Å². The highest BCUT2D eigenvalue weighted by Crippen LogP contribution is 2.00. The number of aliphatic carboxylic acids is 1. The van der Waals surface area contributed by atoms with E-state index in [1.54, 1.807) is 13.8 Å². The third-order valence-electron chi connectivity index (χ3n) is 2.14. The lowest BCUT2D eigenvalue weighted by atomic mass is 10.1. The van der Waals surface area contributed by atoms with Crippen molar-refractivity contribution in [2.45, 2.75) is 32.7 Å². The predicted molar refractivity (Wildman–Crippen MR) is 52.7 cm³/mol. The number of nitrogens with two attached hydrogens (primary N) is 1. The Bertz CT molecular complexity index is 206. The minimum atomic E-state index is -0.891. The van der Waals surface area contributed by atoms with Gasteiger partial charge in [-0.3, -0.25) is 9.59 Å². The van der Waals surface area contributed by atoms with E-state index < -0.39 is 17.9 Å². The van der Waals surface area contributed by atoms with Gasteiger partial charge in [-0.2, -0.15) is 0 Å². The molecule has 2 atom stereocenters. The summed E-state index contributed by atoms with van der Waals surface area (Å²) in [4.78, 5) is 21.8. The second-order valence-corrected chi connectivity index (χ2v) is 3.20. The zero-order chi connectivity index (χ0) is 11.1. The Balaban J connectivity index is 3.91. The number of carboxylic acid groups (broad SMARTS) is 1. The van der Waals surface area contributed by atoms with E-state index in [4.69, 9.17) is 10.8 Å². The fourth-order valence-corrected chi connectivity index (χ4v) is 0.947. The van der Waals surface area contributed by atoms with Crippen LogP contribution in [-0.4, -0.2) is 29.6 Å². The first-order valence-electron chi connectivity index (χ1n) is 4.79. The Hall–Kier alpha value is -1.10. The third kappa shape index (κ3) is 4.23. The summed E-state index contributed by atoms with van der Waals surface area (Å²) >= 11 is 0. The SMILES string of the molecule is CCC(CNC(=O)[C@H](N)CC)C(=O)O. The smallest absolute Gasteiger partial charge is 0.308 e. The van der Waals surface area contributed by atoms with Crippen LogP contribution in [0.4, 0.5) is 0 Å². The lowest BCUT2D eigenvalue weighted by molar-refractivity contribution is -0.141. The van der Waals surface area contributed by atoms with Crippen LogP contribution >= 0.6 is 0 Å². The molecule has 0 saturated heterocycles. The van der Waals surface area contributed by atoms with E-state index in [1.807, 2.05) is 0 Å². The molecule has 14 heavy (non-hydrogen) atoms. The Morgan fingerprint density at radius 1 is 1.36 bits per heavy atom. The number of rotatable bonds is 6. The summed E-state index contributed by atoms with van der Waals surface area (Å²) in [7, 11) is 0. The molecule has 0 rings (SSSR count). The Morgan fingerprint density at radius 2 is 1.93 bits per heavy atom. The highest BCUT2D eigenvalue weighted by atomic mass is 16.4. The van der Waals surface area contributed by atoms with Crippen molar-refractivity contribution in [3.8, 4) is 0 Å². The van der Waals surface area contributed by atoms with Crippen molar-refractivity contribution >= 4 is 11.9 Å². The van der Waals surface area contributed by atoms with E-state index in [0.717, 1.165) is 0 Å². The normalized spacial score (nSPS) is 14.5. The summed E-state index contributed by atoms with van der Waals surface area (Å²) in [5.74, 6) is -1.70. The van der Waals surface area contributed by atoms with Crippen molar-refractivity contribution < 1.29 is 14.7 Å². The van der Waals surface area contributed by atoms with Gasteiger partial charge in [-0.15, -0.1) is 0 Å². The number of hydrogen-bond donors (Lipinski definition) is 3. The summed E-state index contributed by atoms with van der Waals surface area (Å²) in [6, 6.07) is -0.540. The standard InChI is InChI=1S/C9H18N2O3/c1-3-6(9(13)14)5-11-8(12)7(10)4-2/h6-7H,3-5,10H2,1-2H3,(H,11,12)(H,13,14)/t6?,7-/m1/s1. The molecule has 5 heteroatoms. The molecule has 0 radical (unpaired) electrons. The molecular weight excluding hydrogens is 184 g/mol. The van der Waals surface area contributed by atoms with E-state index >= 15 is 0 Å². The molecule has 0 aliphatic heterocycles. The van der Waals surface area contributed by atoms with Gasteiger partial charge in [0.05, 0.1) is 12.0 Å². The van der Waals surface area contributed by atoms with Crippen molar-refractivity contribution in [2.75, 3.05) is 6.54 Å². The Kier molecular flexibility index (Phi) is 5.87. The number of carboxylic acids is 1. The van der Waals surface area contributed by atoms with Crippen molar-refractivity contribution in [1.82, 2.24) is 5.32 Å². The second kappa shape index (κ2) is 6.37. The lowest BCUT2D eigenvalue weighted by Crippen LogP contribution is -2.42. The molecule has 0 aliphatic rings. The molecule has 0 aliphatic carbocycles. The van der Waals surface area contributed by atoms with Crippen LogP contribution in [-0.2, 0) is 9.59 Å². The molecule has 0 spiro atoms. The van der Waals surface area contributed by atoms with Gasteiger partial charge in [0.15, 0.2) is 0 Å². The molecule has 1 unspecified atom stereocenters. The highest BCUT2D eigenvalue weighted by molar-refractivity contribution is 5.82. The van der Waals surface area contributed by atoms with Crippen molar-refractivity contribution in [3.05, 3.63) is 0 Å². The van der Waals surface area contributed by atoms with Crippen LogP contribution in [0.3, 0.4) is 0 Å². The van der Waals surface area contributed by atoms with Gasteiger partial charge >= 0.3 is 5.97 Å². The molecule has 1 amide bonds.